The number of hydrazine groups is 1. The Morgan fingerprint density at radius 2 is 1.75 bits per heavy atom. The number of ether oxygens (including phenoxy) is 1. The number of likely N-dealkylation sites (N-methyl/N-ethyl adjacent to an activating group) is 1. The lowest BCUT2D eigenvalue weighted by Crippen LogP contribution is -2.40. The molecule has 4 rings (SSSR count). The van der Waals surface area contributed by atoms with Crippen molar-refractivity contribution in [3.8, 4) is 0 Å². The number of amides is 2. The summed E-state index contributed by atoms with van der Waals surface area (Å²) >= 11 is 0. The number of hydrogen-bond donors (Lipinski definition) is 1. The minimum absolute atomic E-state index is 0.0564. The van der Waals surface area contributed by atoms with E-state index < -0.39 is 36.2 Å². The number of nitrogens with one attached hydrogen (secondary N) is 1. The maximum Gasteiger partial charge on any atom is 0.414 e. The molecule has 2 fully saturated rings. The summed E-state index contributed by atoms with van der Waals surface area (Å²) in [5.74, 6) is -3.14. The van der Waals surface area contributed by atoms with Gasteiger partial charge in [-0.25, -0.2) is 23.6 Å². The molecule has 2 amide bonds. The molecule has 1 N–H and O–H groups in total. The number of alkyl halides is 2. The zero-order valence-corrected chi connectivity index (χ0v) is 19.7. The summed E-state index contributed by atoms with van der Waals surface area (Å²) in [5, 5.41) is 6.11. The highest BCUT2D eigenvalue weighted by molar-refractivity contribution is 5.90. The van der Waals surface area contributed by atoms with Crippen LogP contribution in [0.15, 0.2) is 42.5 Å². The Bertz CT molecular complexity index is 1070. The number of carbonyl (C=O) groups is 2. The SMILES string of the molecule is CN1CCN(c2c(F)cc(N3C[C@H](CNC(=O)C(F)F)OC3=O)cc2F)CCN1Cc1ccccc1. The van der Waals surface area contributed by atoms with Crippen molar-refractivity contribution >= 4 is 23.4 Å². The summed E-state index contributed by atoms with van der Waals surface area (Å²) in [6.45, 7) is 2.08. The van der Waals surface area contributed by atoms with E-state index in [0.717, 1.165) is 22.6 Å². The minimum Gasteiger partial charge on any atom is -0.442 e. The van der Waals surface area contributed by atoms with E-state index in [2.05, 4.69) is 5.01 Å². The van der Waals surface area contributed by atoms with E-state index >= 15 is 8.78 Å². The molecular weight excluding hydrogens is 482 g/mol. The number of rotatable bonds is 7. The highest BCUT2D eigenvalue weighted by Crippen LogP contribution is 2.31. The van der Waals surface area contributed by atoms with Crippen molar-refractivity contribution in [2.24, 2.45) is 0 Å². The summed E-state index contributed by atoms with van der Waals surface area (Å²) in [5.41, 5.74) is 0.894. The number of benzene rings is 2. The van der Waals surface area contributed by atoms with Crippen molar-refractivity contribution < 1.29 is 31.9 Å². The molecule has 12 heteroatoms. The van der Waals surface area contributed by atoms with E-state index in [1.54, 1.807) is 4.90 Å². The van der Waals surface area contributed by atoms with Crippen LogP contribution in [-0.4, -0.2) is 80.9 Å². The Labute approximate surface area is 206 Å². The van der Waals surface area contributed by atoms with Gasteiger partial charge in [0.05, 0.1) is 18.8 Å². The van der Waals surface area contributed by atoms with Crippen LogP contribution >= 0.6 is 0 Å². The van der Waals surface area contributed by atoms with Crippen molar-refractivity contribution in [3.05, 3.63) is 59.7 Å². The molecule has 0 bridgehead atoms. The van der Waals surface area contributed by atoms with Crippen molar-refractivity contribution in [1.82, 2.24) is 15.3 Å². The second kappa shape index (κ2) is 11.1. The van der Waals surface area contributed by atoms with E-state index in [-0.39, 0.29) is 24.5 Å². The molecule has 1 atom stereocenters. The summed E-state index contributed by atoms with van der Waals surface area (Å²) in [4.78, 5) is 25.9. The third-order valence-corrected chi connectivity index (χ3v) is 6.22. The quantitative estimate of drug-likeness (QED) is 0.580. The summed E-state index contributed by atoms with van der Waals surface area (Å²) in [6, 6.07) is 12.0. The van der Waals surface area contributed by atoms with Gasteiger partial charge in [-0.15, -0.1) is 0 Å². The third kappa shape index (κ3) is 5.88. The fraction of sp³-hybridized carbons (Fsp3) is 0.417. The summed E-state index contributed by atoms with van der Waals surface area (Å²) in [6.07, 6.45) is -5.01. The van der Waals surface area contributed by atoms with Crippen LogP contribution in [0.3, 0.4) is 0 Å². The van der Waals surface area contributed by atoms with E-state index in [1.165, 1.54) is 0 Å². The number of hydrogen-bond acceptors (Lipinski definition) is 6. The minimum atomic E-state index is -3.20. The first-order valence-corrected chi connectivity index (χ1v) is 11.5. The van der Waals surface area contributed by atoms with Crippen molar-refractivity contribution in [2.45, 2.75) is 19.1 Å². The predicted octanol–water partition coefficient (Wildman–Crippen LogP) is 2.84. The van der Waals surface area contributed by atoms with E-state index in [1.807, 2.05) is 47.7 Å². The topological polar surface area (TPSA) is 68.4 Å². The van der Waals surface area contributed by atoms with Gasteiger partial charge in [0.1, 0.15) is 11.8 Å². The Balaban J connectivity index is 1.43. The van der Waals surface area contributed by atoms with Crippen LogP contribution < -0.4 is 15.1 Å². The Morgan fingerprint density at radius 3 is 2.42 bits per heavy atom. The number of halogens is 4. The molecular formula is C24H27F4N5O3. The molecule has 8 nitrogen and oxygen atoms in total. The van der Waals surface area contributed by atoms with Gasteiger partial charge in [-0.2, -0.15) is 8.78 Å². The molecule has 2 aromatic rings. The van der Waals surface area contributed by atoms with Crippen LogP contribution in [-0.2, 0) is 16.1 Å². The van der Waals surface area contributed by atoms with Crippen molar-refractivity contribution in [1.29, 1.82) is 0 Å². The Hall–Kier alpha value is -3.38. The number of carbonyl (C=O) groups excluding carboxylic acids is 2. The fourth-order valence-corrected chi connectivity index (χ4v) is 4.28. The second-order valence-electron chi connectivity index (χ2n) is 8.66. The molecule has 0 aliphatic carbocycles. The van der Waals surface area contributed by atoms with Gasteiger partial charge in [-0.05, 0) is 5.56 Å². The first kappa shape index (κ1) is 25.7. The lowest BCUT2D eigenvalue weighted by atomic mass is 10.2. The smallest absolute Gasteiger partial charge is 0.414 e. The molecule has 2 saturated heterocycles. The fourth-order valence-electron chi connectivity index (χ4n) is 4.28. The Morgan fingerprint density at radius 1 is 1.08 bits per heavy atom. The van der Waals surface area contributed by atoms with Crippen LogP contribution in [0.2, 0.25) is 0 Å². The first-order valence-electron chi connectivity index (χ1n) is 11.5. The van der Waals surface area contributed by atoms with Gasteiger partial charge in [0.15, 0.2) is 11.6 Å². The highest BCUT2D eigenvalue weighted by atomic mass is 19.3. The van der Waals surface area contributed by atoms with Gasteiger partial charge in [0, 0.05) is 51.9 Å². The summed E-state index contributed by atoms with van der Waals surface area (Å²) in [7, 11) is 1.93. The maximum absolute atomic E-state index is 15.2. The van der Waals surface area contributed by atoms with Gasteiger partial charge in [-0.1, -0.05) is 30.3 Å². The molecule has 0 radical (unpaired) electrons. The molecule has 2 aliphatic heterocycles. The molecule has 36 heavy (non-hydrogen) atoms. The third-order valence-electron chi connectivity index (χ3n) is 6.22. The lowest BCUT2D eigenvalue weighted by molar-refractivity contribution is -0.132. The normalized spacial score (nSPS) is 19.5. The van der Waals surface area contributed by atoms with Gasteiger partial charge in [0.25, 0.3) is 5.91 Å². The Kier molecular flexibility index (Phi) is 7.94. The van der Waals surface area contributed by atoms with Crippen molar-refractivity contribution in [2.75, 3.05) is 56.1 Å². The number of anilines is 2. The molecule has 0 spiro atoms. The van der Waals surface area contributed by atoms with Crippen LogP contribution in [0.4, 0.5) is 33.7 Å². The van der Waals surface area contributed by atoms with Crippen LogP contribution in [0, 0.1) is 11.6 Å². The van der Waals surface area contributed by atoms with Gasteiger partial charge >= 0.3 is 12.5 Å². The van der Waals surface area contributed by atoms with Gasteiger partial charge in [-0.3, -0.25) is 9.69 Å². The van der Waals surface area contributed by atoms with Crippen LogP contribution in [0.1, 0.15) is 5.56 Å². The van der Waals surface area contributed by atoms with Gasteiger partial charge in [0.2, 0.25) is 0 Å². The summed E-state index contributed by atoms with van der Waals surface area (Å²) < 4.78 is 60.0. The van der Waals surface area contributed by atoms with E-state index in [0.29, 0.717) is 32.7 Å². The van der Waals surface area contributed by atoms with E-state index in [4.69, 9.17) is 4.74 Å². The average molecular weight is 510 g/mol. The van der Waals surface area contributed by atoms with Crippen LogP contribution in [0.5, 0.6) is 0 Å². The molecule has 194 valence electrons. The van der Waals surface area contributed by atoms with Gasteiger partial charge < -0.3 is 15.0 Å². The largest absolute Gasteiger partial charge is 0.442 e. The number of cyclic esters (lactones) is 1. The van der Waals surface area contributed by atoms with Crippen LogP contribution in [0.25, 0.3) is 0 Å². The maximum atomic E-state index is 15.2. The molecule has 0 unspecified atom stereocenters. The molecule has 2 aliphatic rings. The van der Waals surface area contributed by atoms with Crippen molar-refractivity contribution in [3.63, 3.8) is 0 Å². The molecule has 2 heterocycles. The zero-order chi connectivity index (χ0) is 25.8. The predicted molar refractivity (Wildman–Crippen MR) is 125 cm³/mol. The zero-order valence-electron chi connectivity index (χ0n) is 19.7. The monoisotopic (exact) mass is 509 g/mol. The second-order valence-corrected chi connectivity index (χ2v) is 8.66. The molecule has 0 saturated carbocycles. The highest BCUT2D eigenvalue weighted by Gasteiger charge is 2.34. The average Bonchev–Trinajstić information content (AvgIpc) is 3.13. The molecule has 2 aromatic carbocycles. The molecule has 0 aromatic heterocycles. The standard InChI is InChI=1S/C24H27F4N5O3/c1-30-7-8-31(9-10-32(30)14-16-5-3-2-4-6-16)21-19(25)11-17(12-20(21)26)33-15-18(36-24(33)35)13-29-23(34)22(27)28/h2-6,11-12,18,22H,7-10,13-15H2,1H3,(H,29,34)/t18-/m0/s1. The lowest BCUT2D eigenvalue weighted by Gasteiger charge is -2.29. The van der Waals surface area contributed by atoms with E-state index in [9.17, 15) is 18.4 Å². The first-order chi connectivity index (χ1) is 17.2. The number of nitrogens with zero attached hydrogens (tertiary/aromatic N) is 4.